The van der Waals surface area contributed by atoms with Crippen LogP contribution in [0.1, 0.15) is 5.56 Å². The molecule has 2 aromatic rings. The van der Waals surface area contributed by atoms with E-state index in [-0.39, 0.29) is 12.5 Å². The summed E-state index contributed by atoms with van der Waals surface area (Å²) in [4.78, 5) is 7.94. The second kappa shape index (κ2) is 5.89. The molecule has 0 radical (unpaired) electrons. The number of hydrogen-bond acceptors (Lipinski definition) is 5. The van der Waals surface area contributed by atoms with E-state index in [9.17, 15) is 8.78 Å². The smallest absolute Gasteiger partial charge is 0.239 e. The molecule has 0 spiro atoms. The predicted octanol–water partition coefficient (Wildman–Crippen LogP) is 2.42. The van der Waals surface area contributed by atoms with Crippen LogP contribution in [0.15, 0.2) is 28.9 Å². The Morgan fingerprint density at radius 2 is 2.11 bits per heavy atom. The third-order valence-electron chi connectivity index (χ3n) is 2.33. The van der Waals surface area contributed by atoms with Crippen molar-refractivity contribution in [1.82, 2.24) is 9.97 Å². The lowest BCUT2D eigenvalue weighted by Crippen LogP contribution is -2.12. The van der Waals surface area contributed by atoms with Gasteiger partial charge in [-0.1, -0.05) is 6.07 Å². The predicted molar refractivity (Wildman–Crippen MR) is 71.2 cm³/mol. The van der Waals surface area contributed by atoms with E-state index in [0.717, 1.165) is 6.07 Å². The number of halogens is 3. The molecule has 0 fully saturated rings. The second-order valence-corrected chi connectivity index (χ2v) is 4.48. The SMILES string of the molecule is NNc1ncc(Br)c(NCc2ccc(F)cc2F)n1. The number of anilines is 2. The average molecular weight is 330 g/mol. The maximum Gasteiger partial charge on any atom is 0.239 e. The Labute approximate surface area is 116 Å². The van der Waals surface area contributed by atoms with Crippen molar-refractivity contribution in [2.24, 2.45) is 5.84 Å². The molecule has 0 saturated carbocycles. The van der Waals surface area contributed by atoms with Crippen LogP contribution in [0, 0.1) is 11.6 Å². The standard InChI is InChI=1S/C11H10BrF2N5/c12-8-5-17-11(19-15)18-10(8)16-4-6-1-2-7(13)3-9(6)14/h1-3,5H,4,15H2,(H2,16,17,18,19). The largest absolute Gasteiger partial charge is 0.365 e. The molecule has 8 heteroatoms. The van der Waals surface area contributed by atoms with Crippen LogP contribution in [0.5, 0.6) is 0 Å². The van der Waals surface area contributed by atoms with Crippen LogP contribution in [0.4, 0.5) is 20.5 Å². The molecular weight excluding hydrogens is 320 g/mol. The Hall–Kier alpha value is -1.80. The highest BCUT2D eigenvalue weighted by atomic mass is 79.9. The van der Waals surface area contributed by atoms with E-state index in [1.54, 1.807) is 0 Å². The van der Waals surface area contributed by atoms with Gasteiger partial charge in [-0.2, -0.15) is 4.98 Å². The van der Waals surface area contributed by atoms with Gasteiger partial charge in [-0.15, -0.1) is 0 Å². The zero-order valence-corrected chi connectivity index (χ0v) is 11.2. The molecule has 19 heavy (non-hydrogen) atoms. The molecule has 100 valence electrons. The van der Waals surface area contributed by atoms with E-state index in [0.29, 0.717) is 15.9 Å². The maximum absolute atomic E-state index is 13.4. The number of aromatic nitrogens is 2. The lowest BCUT2D eigenvalue weighted by molar-refractivity contribution is 0.574. The lowest BCUT2D eigenvalue weighted by Gasteiger charge is -2.09. The fourth-order valence-electron chi connectivity index (χ4n) is 1.40. The molecule has 0 aliphatic carbocycles. The molecule has 0 bridgehead atoms. The summed E-state index contributed by atoms with van der Waals surface area (Å²) >= 11 is 3.25. The van der Waals surface area contributed by atoms with Gasteiger partial charge in [0, 0.05) is 24.4 Å². The Morgan fingerprint density at radius 1 is 1.32 bits per heavy atom. The van der Waals surface area contributed by atoms with Crippen molar-refractivity contribution >= 4 is 27.7 Å². The second-order valence-electron chi connectivity index (χ2n) is 3.62. The molecule has 1 heterocycles. The number of hydrogen-bond donors (Lipinski definition) is 3. The van der Waals surface area contributed by atoms with Crippen LogP contribution in [-0.4, -0.2) is 9.97 Å². The number of nitrogens with zero attached hydrogens (tertiary/aromatic N) is 2. The van der Waals surface area contributed by atoms with Crippen LogP contribution in [0.25, 0.3) is 0 Å². The van der Waals surface area contributed by atoms with Gasteiger partial charge in [0.1, 0.15) is 17.5 Å². The molecular formula is C11H10BrF2N5. The van der Waals surface area contributed by atoms with Crippen LogP contribution in [0.2, 0.25) is 0 Å². The summed E-state index contributed by atoms with van der Waals surface area (Å²) in [5, 5.41) is 2.91. The molecule has 2 rings (SSSR count). The van der Waals surface area contributed by atoms with Crippen LogP contribution in [-0.2, 0) is 6.54 Å². The maximum atomic E-state index is 13.4. The molecule has 5 nitrogen and oxygen atoms in total. The molecule has 0 saturated heterocycles. The van der Waals surface area contributed by atoms with Gasteiger partial charge >= 0.3 is 0 Å². The summed E-state index contributed by atoms with van der Waals surface area (Å²) in [6.07, 6.45) is 1.51. The fourth-order valence-corrected chi connectivity index (χ4v) is 1.74. The first-order chi connectivity index (χ1) is 9.10. The Bertz CT molecular complexity index is 593. The minimum absolute atomic E-state index is 0.158. The molecule has 1 aromatic carbocycles. The number of benzene rings is 1. The van der Waals surface area contributed by atoms with Crippen molar-refractivity contribution in [1.29, 1.82) is 0 Å². The quantitative estimate of drug-likeness (QED) is 0.593. The van der Waals surface area contributed by atoms with Gasteiger partial charge in [-0.05, 0) is 22.0 Å². The highest BCUT2D eigenvalue weighted by Gasteiger charge is 2.07. The zero-order valence-electron chi connectivity index (χ0n) is 9.62. The van der Waals surface area contributed by atoms with Gasteiger partial charge in [-0.25, -0.2) is 19.6 Å². The first-order valence-corrected chi connectivity index (χ1v) is 6.06. The summed E-state index contributed by atoms with van der Waals surface area (Å²) in [6, 6.07) is 3.40. The molecule has 1 aromatic heterocycles. The van der Waals surface area contributed by atoms with Crippen LogP contribution >= 0.6 is 15.9 Å². The van der Waals surface area contributed by atoms with Crippen molar-refractivity contribution in [3.8, 4) is 0 Å². The Kier molecular flexibility index (Phi) is 4.23. The van der Waals surface area contributed by atoms with Gasteiger partial charge < -0.3 is 5.32 Å². The number of hydrazine groups is 1. The monoisotopic (exact) mass is 329 g/mol. The molecule has 0 aliphatic heterocycles. The fraction of sp³-hybridized carbons (Fsp3) is 0.0909. The summed E-state index contributed by atoms with van der Waals surface area (Å²) in [7, 11) is 0. The highest BCUT2D eigenvalue weighted by molar-refractivity contribution is 9.10. The van der Waals surface area contributed by atoms with Crippen molar-refractivity contribution in [3.63, 3.8) is 0 Å². The summed E-state index contributed by atoms with van der Waals surface area (Å²) in [5.74, 6) is 4.65. The third-order valence-corrected chi connectivity index (χ3v) is 2.91. The van der Waals surface area contributed by atoms with Gasteiger partial charge in [0.2, 0.25) is 5.95 Å². The van der Waals surface area contributed by atoms with Crippen molar-refractivity contribution in [2.45, 2.75) is 6.54 Å². The van der Waals surface area contributed by atoms with Crippen LogP contribution in [0.3, 0.4) is 0 Å². The number of nitrogen functional groups attached to an aromatic ring is 1. The van der Waals surface area contributed by atoms with E-state index in [2.05, 4.69) is 36.6 Å². The van der Waals surface area contributed by atoms with Crippen molar-refractivity contribution in [3.05, 3.63) is 46.1 Å². The molecule has 0 atom stereocenters. The molecule has 0 amide bonds. The minimum Gasteiger partial charge on any atom is -0.365 e. The van der Waals surface area contributed by atoms with Gasteiger partial charge in [0.15, 0.2) is 0 Å². The van der Waals surface area contributed by atoms with Crippen molar-refractivity contribution < 1.29 is 8.78 Å². The van der Waals surface area contributed by atoms with E-state index in [4.69, 9.17) is 5.84 Å². The van der Waals surface area contributed by atoms with Gasteiger partial charge in [0.25, 0.3) is 0 Å². The van der Waals surface area contributed by atoms with E-state index < -0.39 is 11.6 Å². The molecule has 0 unspecified atom stereocenters. The zero-order chi connectivity index (χ0) is 13.8. The summed E-state index contributed by atoms with van der Waals surface area (Å²) in [6.45, 7) is 0.158. The molecule has 4 N–H and O–H groups in total. The van der Waals surface area contributed by atoms with Crippen LogP contribution < -0.4 is 16.6 Å². The highest BCUT2D eigenvalue weighted by Crippen LogP contribution is 2.21. The van der Waals surface area contributed by atoms with E-state index >= 15 is 0 Å². The Morgan fingerprint density at radius 3 is 2.79 bits per heavy atom. The molecule has 0 aliphatic rings. The van der Waals surface area contributed by atoms with E-state index in [1.807, 2.05) is 0 Å². The summed E-state index contributed by atoms with van der Waals surface area (Å²) < 4.78 is 26.8. The topological polar surface area (TPSA) is 75.9 Å². The minimum atomic E-state index is -0.616. The Balaban J connectivity index is 2.14. The normalized spacial score (nSPS) is 10.3. The van der Waals surface area contributed by atoms with Crippen molar-refractivity contribution in [2.75, 3.05) is 10.7 Å². The number of nitrogens with one attached hydrogen (secondary N) is 2. The number of rotatable bonds is 4. The number of nitrogens with two attached hydrogens (primary N) is 1. The van der Waals surface area contributed by atoms with Gasteiger partial charge in [-0.3, -0.25) is 5.43 Å². The van der Waals surface area contributed by atoms with E-state index in [1.165, 1.54) is 18.3 Å². The lowest BCUT2D eigenvalue weighted by atomic mass is 10.2. The summed E-state index contributed by atoms with van der Waals surface area (Å²) in [5.41, 5.74) is 2.63. The average Bonchev–Trinajstić information content (AvgIpc) is 2.39. The first-order valence-electron chi connectivity index (χ1n) is 5.27. The third kappa shape index (κ3) is 3.36. The van der Waals surface area contributed by atoms with Gasteiger partial charge in [0.05, 0.1) is 4.47 Å². The first kappa shape index (κ1) is 13.6.